The van der Waals surface area contributed by atoms with Crippen molar-refractivity contribution in [2.24, 2.45) is 0 Å². The van der Waals surface area contributed by atoms with Crippen LogP contribution in [0.3, 0.4) is 0 Å². The van der Waals surface area contributed by atoms with Crippen LogP contribution < -0.4 is 5.32 Å². The number of benzene rings is 1. The number of pyridine rings is 1. The molecular formula is C22H26N4O2. The van der Waals surface area contributed by atoms with Gasteiger partial charge in [0.05, 0.1) is 5.52 Å². The van der Waals surface area contributed by atoms with E-state index in [1.54, 1.807) is 15.5 Å². The number of hydrogen-bond donors (Lipinski definition) is 1. The molecule has 0 radical (unpaired) electrons. The van der Waals surface area contributed by atoms with Crippen molar-refractivity contribution >= 4 is 23.0 Å². The molecule has 3 rings (SSSR count). The number of nitrogens with one attached hydrogen (secondary N) is 1. The maximum atomic E-state index is 13.0. The van der Waals surface area contributed by atoms with Crippen LogP contribution in [0.25, 0.3) is 5.52 Å². The normalized spacial score (nSPS) is 10.9. The molecule has 0 saturated carbocycles. The summed E-state index contributed by atoms with van der Waals surface area (Å²) in [4.78, 5) is 32.1. The van der Waals surface area contributed by atoms with Gasteiger partial charge in [-0.3, -0.25) is 14.0 Å². The lowest BCUT2D eigenvalue weighted by molar-refractivity contribution is 0.0769. The lowest BCUT2D eigenvalue weighted by atomic mass is 10.1. The topological polar surface area (TPSA) is 66.7 Å². The van der Waals surface area contributed by atoms with E-state index in [0.29, 0.717) is 24.3 Å². The van der Waals surface area contributed by atoms with Gasteiger partial charge in [0.15, 0.2) is 5.69 Å². The molecule has 6 heteroatoms. The van der Waals surface area contributed by atoms with Gasteiger partial charge in [0, 0.05) is 25.0 Å². The first-order chi connectivity index (χ1) is 13.4. The SMILES string of the molecule is CCN(CC)C(=O)c1nc(C(=O)Nc2c(C)cc(C)cc2C)n2ccccc12. The zero-order chi connectivity index (χ0) is 20.4. The number of anilines is 1. The van der Waals surface area contributed by atoms with Gasteiger partial charge in [0.1, 0.15) is 0 Å². The predicted molar refractivity (Wildman–Crippen MR) is 111 cm³/mol. The Bertz CT molecular complexity index is 1020. The third-order valence-electron chi connectivity index (χ3n) is 4.92. The second kappa shape index (κ2) is 7.84. The van der Waals surface area contributed by atoms with Crippen LogP contribution in [0.2, 0.25) is 0 Å². The number of carbonyl (C=O) groups is 2. The van der Waals surface area contributed by atoms with E-state index < -0.39 is 0 Å². The molecule has 3 aromatic rings. The summed E-state index contributed by atoms with van der Waals surface area (Å²) in [6.07, 6.45) is 1.76. The first kappa shape index (κ1) is 19.6. The van der Waals surface area contributed by atoms with Crippen molar-refractivity contribution < 1.29 is 9.59 Å². The zero-order valence-electron chi connectivity index (χ0n) is 17.0. The molecule has 2 aromatic heterocycles. The van der Waals surface area contributed by atoms with Crippen LogP contribution >= 0.6 is 0 Å². The Hall–Kier alpha value is -3.15. The summed E-state index contributed by atoms with van der Waals surface area (Å²) in [5.74, 6) is -0.309. The number of rotatable bonds is 5. The molecule has 0 aliphatic carbocycles. The van der Waals surface area contributed by atoms with Gasteiger partial charge in [-0.05, 0) is 57.9 Å². The van der Waals surface area contributed by atoms with E-state index in [9.17, 15) is 9.59 Å². The average molecular weight is 378 g/mol. The second-order valence-corrected chi connectivity index (χ2v) is 6.95. The molecule has 1 aromatic carbocycles. The number of aromatic nitrogens is 2. The molecule has 28 heavy (non-hydrogen) atoms. The Labute approximate surface area is 165 Å². The minimum absolute atomic E-state index is 0.171. The molecule has 146 valence electrons. The molecule has 0 unspecified atom stereocenters. The van der Waals surface area contributed by atoms with Gasteiger partial charge in [-0.15, -0.1) is 0 Å². The Morgan fingerprint density at radius 1 is 1.07 bits per heavy atom. The lowest BCUT2D eigenvalue weighted by Gasteiger charge is -2.17. The van der Waals surface area contributed by atoms with E-state index in [0.717, 1.165) is 22.4 Å². The van der Waals surface area contributed by atoms with Crippen LogP contribution in [-0.2, 0) is 0 Å². The number of amides is 2. The van der Waals surface area contributed by atoms with Gasteiger partial charge in [-0.25, -0.2) is 4.98 Å². The molecule has 0 aliphatic heterocycles. The molecular weight excluding hydrogens is 352 g/mol. The van der Waals surface area contributed by atoms with Crippen molar-refractivity contribution in [1.29, 1.82) is 0 Å². The Morgan fingerprint density at radius 2 is 1.71 bits per heavy atom. The summed E-state index contributed by atoms with van der Waals surface area (Å²) in [5.41, 5.74) is 4.83. The smallest absolute Gasteiger partial charge is 0.292 e. The molecule has 0 fully saturated rings. The number of fused-ring (bicyclic) bond motifs is 1. The summed E-state index contributed by atoms with van der Waals surface area (Å²) in [6, 6.07) is 9.53. The number of hydrogen-bond acceptors (Lipinski definition) is 3. The van der Waals surface area contributed by atoms with E-state index in [-0.39, 0.29) is 17.6 Å². The third-order valence-corrected chi connectivity index (χ3v) is 4.92. The summed E-state index contributed by atoms with van der Waals surface area (Å²) in [6.45, 7) is 11.0. The fraction of sp³-hybridized carbons (Fsp3) is 0.318. The first-order valence-corrected chi connectivity index (χ1v) is 9.52. The predicted octanol–water partition coefficient (Wildman–Crippen LogP) is 3.99. The molecule has 0 saturated heterocycles. The van der Waals surface area contributed by atoms with Gasteiger partial charge in [0.25, 0.3) is 11.8 Å². The minimum Gasteiger partial charge on any atom is -0.338 e. The largest absolute Gasteiger partial charge is 0.338 e. The average Bonchev–Trinajstić information content (AvgIpc) is 3.05. The van der Waals surface area contributed by atoms with Gasteiger partial charge < -0.3 is 10.2 Å². The Morgan fingerprint density at radius 3 is 2.32 bits per heavy atom. The fourth-order valence-corrected chi connectivity index (χ4v) is 3.56. The van der Waals surface area contributed by atoms with Crippen LogP contribution in [0, 0.1) is 20.8 Å². The van der Waals surface area contributed by atoms with E-state index in [2.05, 4.69) is 10.3 Å². The summed E-state index contributed by atoms with van der Waals surface area (Å²) >= 11 is 0. The van der Waals surface area contributed by atoms with Gasteiger partial charge >= 0.3 is 0 Å². The first-order valence-electron chi connectivity index (χ1n) is 9.52. The summed E-state index contributed by atoms with van der Waals surface area (Å²) < 4.78 is 1.67. The van der Waals surface area contributed by atoms with Crippen molar-refractivity contribution in [3.05, 3.63) is 64.7 Å². The van der Waals surface area contributed by atoms with Crippen molar-refractivity contribution in [2.75, 3.05) is 18.4 Å². The van der Waals surface area contributed by atoms with Crippen LogP contribution in [0.15, 0.2) is 36.5 Å². The number of aryl methyl sites for hydroxylation is 3. The zero-order valence-corrected chi connectivity index (χ0v) is 17.0. The molecule has 0 aliphatic rings. The Kier molecular flexibility index (Phi) is 5.49. The van der Waals surface area contributed by atoms with Crippen LogP contribution in [0.5, 0.6) is 0 Å². The highest BCUT2D eigenvalue weighted by Gasteiger charge is 2.24. The number of carbonyl (C=O) groups excluding carboxylic acids is 2. The lowest BCUT2D eigenvalue weighted by Crippen LogP contribution is -2.31. The number of nitrogens with zero attached hydrogens (tertiary/aromatic N) is 3. The van der Waals surface area contributed by atoms with Crippen molar-refractivity contribution in [2.45, 2.75) is 34.6 Å². The monoisotopic (exact) mass is 378 g/mol. The second-order valence-electron chi connectivity index (χ2n) is 6.95. The van der Waals surface area contributed by atoms with E-state index in [1.165, 1.54) is 0 Å². The highest BCUT2D eigenvalue weighted by molar-refractivity contribution is 6.06. The summed E-state index contributed by atoms with van der Waals surface area (Å²) in [5, 5.41) is 2.98. The van der Waals surface area contributed by atoms with Crippen LogP contribution in [0.1, 0.15) is 51.6 Å². The molecule has 2 heterocycles. The third kappa shape index (κ3) is 3.50. The molecule has 1 N–H and O–H groups in total. The molecule has 0 bridgehead atoms. The van der Waals surface area contributed by atoms with Crippen molar-refractivity contribution in [3.8, 4) is 0 Å². The standard InChI is InChI=1S/C22H26N4O2/c1-6-25(7-2)22(28)19-17-10-8-9-11-26(17)20(23-19)21(27)24-18-15(4)12-14(3)13-16(18)5/h8-13H,6-7H2,1-5H3,(H,24,27). The van der Waals surface area contributed by atoms with E-state index >= 15 is 0 Å². The highest BCUT2D eigenvalue weighted by atomic mass is 16.2. The molecule has 2 amide bonds. The van der Waals surface area contributed by atoms with Crippen molar-refractivity contribution in [1.82, 2.24) is 14.3 Å². The maximum Gasteiger partial charge on any atom is 0.292 e. The van der Waals surface area contributed by atoms with Crippen LogP contribution in [-0.4, -0.2) is 39.2 Å². The highest BCUT2D eigenvalue weighted by Crippen LogP contribution is 2.23. The Balaban J connectivity index is 2.04. The van der Waals surface area contributed by atoms with E-state index in [4.69, 9.17) is 0 Å². The molecule has 6 nitrogen and oxygen atoms in total. The quantitative estimate of drug-likeness (QED) is 0.730. The fourth-order valence-electron chi connectivity index (χ4n) is 3.56. The van der Waals surface area contributed by atoms with Gasteiger partial charge in [-0.1, -0.05) is 23.8 Å². The molecule has 0 spiro atoms. The van der Waals surface area contributed by atoms with Gasteiger partial charge in [0.2, 0.25) is 5.82 Å². The van der Waals surface area contributed by atoms with Crippen LogP contribution in [0.4, 0.5) is 5.69 Å². The molecule has 0 atom stereocenters. The van der Waals surface area contributed by atoms with E-state index in [1.807, 2.05) is 65.0 Å². The minimum atomic E-state index is -0.338. The maximum absolute atomic E-state index is 13.0. The summed E-state index contributed by atoms with van der Waals surface area (Å²) in [7, 11) is 0. The van der Waals surface area contributed by atoms with Gasteiger partial charge in [-0.2, -0.15) is 0 Å². The van der Waals surface area contributed by atoms with Crippen molar-refractivity contribution in [3.63, 3.8) is 0 Å². The number of imidazole rings is 1.